The summed E-state index contributed by atoms with van der Waals surface area (Å²) in [7, 11) is 0. The third kappa shape index (κ3) is 3.04. The van der Waals surface area contributed by atoms with Gasteiger partial charge in [0.05, 0.1) is 0 Å². The summed E-state index contributed by atoms with van der Waals surface area (Å²) in [6, 6.07) is 3.92. The van der Waals surface area contributed by atoms with Crippen LogP contribution >= 0.6 is 11.3 Å². The maximum absolute atomic E-state index is 3.72. The third-order valence-electron chi connectivity index (χ3n) is 4.74. The van der Waals surface area contributed by atoms with E-state index in [2.05, 4.69) is 30.1 Å². The normalized spacial score (nSPS) is 28.9. The van der Waals surface area contributed by atoms with Crippen molar-refractivity contribution in [1.29, 1.82) is 0 Å². The van der Waals surface area contributed by atoms with Crippen molar-refractivity contribution in [2.45, 2.75) is 64.6 Å². The second-order valence-electron chi connectivity index (χ2n) is 6.17. The minimum Gasteiger partial charge on any atom is -0.312 e. The summed E-state index contributed by atoms with van der Waals surface area (Å²) in [4.78, 5) is 5.72. The largest absolute Gasteiger partial charge is 0.312 e. The number of rotatable bonds is 3. The van der Waals surface area contributed by atoms with Crippen molar-refractivity contribution in [3.8, 4) is 0 Å². The van der Waals surface area contributed by atoms with Crippen LogP contribution in [0, 0.1) is 13.8 Å². The summed E-state index contributed by atoms with van der Waals surface area (Å²) >= 11 is 1.95. The van der Waals surface area contributed by atoms with Gasteiger partial charge in [0, 0.05) is 28.4 Å². The highest BCUT2D eigenvalue weighted by molar-refractivity contribution is 7.12. The van der Waals surface area contributed by atoms with E-state index < -0.39 is 0 Å². The first-order chi connectivity index (χ1) is 9.24. The number of piperidine rings is 1. The minimum absolute atomic E-state index is 0.750. The molecule has 3 rings (SSSR count). The van der Waals surface area contributed by atoms with Crippen LogP contribution in [0.2, 0.25) is 0 Å². The van der Waals surface area contributed by atoms with Crippen LogP contribution in [0.3, 0.4) is 0 Å². The van der Waals surface area contributed by atoms with Crippen LogP contribution in [0.25, 0.3) is 0 Å². The quantitative estimate of drug-likeness (QED) is 0.911. The Bertz CT molecular complexity index is 420. The predicted molar refractivity (Wildman–Crippen MR) is 82.9 cm³/mol. The van der Waals surface area contributed by atoms with Gasteiger partial charge in [0.1, 0.15) is 0 Å². The summed E-state index contributed by atoms with van der Waals surface area (Å²) in [5.41, 5.74) is 1.56. The Balaban J connectivity index is 1.71. The number of hydrogen-bond acceptors (Lipinski definition) is 3. The molecule has 0 aromatic carbocycles. The molecule has 0 amide bonds. The van der Waals surface area contributed by atoms with Gasteiger partial charge in [-0.2, -0.15) is 0 Å². The summed E-state index contributed by atoms with van der Waals surface area (Å²) in [5.74, 6) is 0. The van der Waals surface area contributed by atoms with Gasteiger partial charge in [-0.15, -0.1) is 11.3 Å². The van der Waals surface area contributed by atoms with E-state index in [0.29, 0.717) is 0 Å². The Kier molecular flexibility index (Phi) is 4.25. The fourth-order valence-electron chi connectivity index (χ4n) is 3.77. The van der Waals surface area contributed by atoms with Crippen molar-refractivity contribution >= 4 is 11.3 Å². The van der Waals surface area contributed by atoms with Crippen molar-refractivity contribution in [3.63, 3.8) is 0 Å². The summed E-state index contributed by atoms with van der Waals surface area (Å²) in [5, 5.41) is 3.72. The first kappa shape index (κ1) is 13.6. The molecule has 1 aromatic heterocycles. The molecule has 1 aromatic rings. The zero-order valence-electron chi connectivity index (χ0n) is 12.2. The van der Waals surface area contributed by atoms with Crippen molar-refractivity contribution < 1.29 is 0 Å². The van der Waals surface area contributed by atoms with Gasteiger partial charge in [-0.25, -0.2) is 0 Å². The molecule has 2 aliphatic heterocycles. The number of likely N-dealkylation sites (tertiary alicyclic amines) is 1. The van der Waals surface area contributed by atoms with Crippen LogP contribution in [-0.4, -0.2) is 30.1 Å². The Morgan fingerprint density at radius 2 is 2.16 bits per heavy atom. The van der Waals surface area contributed by atoms with E-state index in [4.69, 9.17) is 0 Å². The second-order valence-corrected chi connectivity index (χ2v) is 7.64. The van der Waals surface area contributed by atoms with E-state index in [-0.39, 0.29) is 0 Å². The highest BCUT2D eigenvalue weighted by atomic mass is 32.1. The number of thiophene rings is 1. The van der Waals surface area contributed by atoms with Gasteiger partial charge in [0.2, 0.25) is 0 Å². The molecule has 2 atom stereocenters. The average molecular weight is 278 g/mol. The van der Waals surface area contributed by atoms with Crippen LogP contribution in [0.4, 0.5) is 0 Å². The molecule has 2 unspecified atom stereocenters. The topological polar surface area (TPSA) is 15.3 Å². The molecule has 0 saturated carbocycles. The van der Waals surface area contributed by atoms with Gasteiger partial charge in [0.15, 0.2) is 0 Å². The lowest BCUT2D eigenvalue weighted by Crippen LogP contribution is -2.49. The Morgan fingerprint density at radius 3 is 2.84 bits per heavy atom. The Hall–Kier alpha value is -0.380. The van der Waals surface area contributed by atoms with Crippen LogP contribution in [0.15, 0.2) is 6.07 Å². The van der Waals surface area contributed by atoms with E-state index >= 15 is 0 Å². The molecule has 3 heterocycles. The molecule has 2 saturated heterocycles. The molecule has 19 heavy (non-hydrogen) atoms. The molecule has 1 N–H and O–H groups in total. The van der Waals surface area contributed by atoms with Crippen molar-refractivity contribution in [3.05, 3.63) is 21.4 Å². The number of hydrogen-bond donors (Lipinski definition) is 1. The molecule has 106 valence electrons. The summed E-state index contributed by atoms with van der Waals surface area (Å²) < 4.78 is 0. The van der Waals surface area contributed by atoms with Crippen molar-refractivity contribution in [1.82, 2.24) is 10.2 Å². The van der Waals surface area contributed by atoms with Crippen LogP contribution in [0.1, 0.15) is 47.4 Å². The predicted octanol–water partition coefficient (Wildman–Crippen LogP) is 3.47. The molecule has 0 radical (unpaired) electrons. The maximum atomic E-state index is 3.72. The fourth-order valence-corrected chi connectivity index (χ4v) is 4.71. The lowest BCUT2D eigenvalue weighted by atomic mass is 9.94. The van der Waals surface area contributed by atoms with E-state index in [1.54, 1.807) is 5.56 Å². The van der Waals surface area contributed by atoms with Crippen molar-refractivity contribution in [2.75, 3.05) is 13.1 Å². The first-order valence-corrected chi connectivity index (χ1v) is 8.59. The molecule has 2 fully saturated rings. The molecule has 0 bridgehead atoms. The van der Waals surface area contributed by atoms with Gasteiger partial charge >= 0.3 is 0 Å². The van der Waals surface area contributed by atoms with E-state index in [0.717, 1.165) is 12.1 Å². The SMILES string of the molecule is Cc1cc(CN2CCCCC2C2CCCN2)c(C)s1. The molecular weight excluding hydrogens is 252 g/mol. The second kappa shape index (κ2) is 5.94. The molecule has 2 aliphatic rings. The molecule has 3 heteroatoms. The number of aryl methyl sites for hydroxylation is 2. The Morgan fingerprint density at radius 1 is 1.26 bits per heavy atom. The zero-order valence-corrected chi connectivity index (χ0v) is 13.1. The maximum Gasteiger partial charge on any atom is 0.0252 e. The highest BCUT2D eigenvalue weighted by Gasteiger charge is 2.31. The van der Waals surface area contributed by atoms with E-state index in [1.807, 2.05) is 11.3 Å². The third-order valence-corrected chi connectivity index (χ3v) is 5.75. The van der Waals surface area contributed by atoms with Gasteiger partial charge in [-0.05, 0) is 64.3 Å². The van der Waals surface area contributed by atoms with Gasteiger partial charge < -0.3 is 5.32 Å². The first-order valence-electron chi connectivity index (χ1n) is 7.77. The highest BCUT2D eigenvalue weighted by Crippen LogP contribution is 2.28. The molecule has 2 nitrogen and oxygen atoms in total. The lowest BCUT2D eigenvalue weighted by Gasteiger charge is -2.39. The fraction of sp³-hybridized carbons (Fsp3) is 0.750. The molecular formula is C16H26N2S. The standard InChI is InChI=1S/C16H26N2S/c1-12-10-14(13(2)19-12)11-18-9-4-3-7-16(18)15-6-5-8-17-15/h10,15-17H,3-9,11H2,1-2H3. The van der Waals surface area contributed by atoms with Gasteiger partial charge in [-0.1, -0.05) is 6.42 Å². The minimum atomic E-state index is 0.750. The van der Waals surface area contributed by atoms with Crippen LogP contribution in [-0.2, 0) is 6.54 Å². The van der Waals surface area contributed by atoms with E-state index in [9.17, 15) is 0 Å². The summed E-state index contributed by atoms with van der Waals surface area (Å²) in [6.07, 6.45) is 6.93. The zero-order chi connectivity index (χ0) is 13.2. The van der Waals surface area contributed by atoms with Gasteiger partial charge in [-0.3, -0.25) is 4.90 Å². The molecule has 0 spiro atoms. The lowest BCUT2D eigenvalue weighted by molar-refractivity contribution is 0.112. The number of nitrogens with zero attached hydrogens (tertiary/aromatic N) is 1. The van der Waals surface area contributed by atoms with Crippen molar-refractivity contribution in [2.24, 2.45) is 0 Å². The van der Waals surface area contributed by atoms with Crippen LogP contribution in [0.5, 0.6) is 0 Å². The van der Waals surface area contributed by atoms with Crippen LogP contribution < -0.4 is 5.32 Å². The van der Waals surface area contributed by atoms with Gasteiger partial charge in [0.25, 0.3) is 0 Å². The monoisotopic (exact) mass is 278 g/mol. The Labute approximate surface area is 121 Å². The summed E-state index contributed by atoms with van der Waals surface area (Å²) in [6.45, 7) is 8.19. The molecule has 0 aliphatic carbocycles. The number of nitrogens with one attached hydrogen (secondary N) is 1. The van der Waals surface area contributed by atoms with E-state index in [1.165, 1.54) is 61.5 Å². The smallest absolute Gasteiger partial charge is 0.0252 e. The average Bonchev–Trinajstić information content (AvgIpc) is 3.01.